The Kier molecular flexibility index (Phi) is 4.49. The molecule has 0 bridgehead atoms. The molecule has 0 spiro atoms. The minimum absolute atomic E-state index is 0. The molecule has 0 aliphatic heterocycles. The Morgan fingerprint density at radius 2 is 1.80 bits per heavy atom. The van der Waals surface area contributed by atoms with E-state index < -0.39 is 0 Å². The van der Waals surface area contributed by atoms with Gasteiger partial charge in [0, 0.05) is 6.54 Å². The Morgan fingerprint density at radius 3 is 2.30 bits per heavy atom. The summed E-state index contributed by atoms with van der Waals surface area (Å²) in [6, 6.07) is 9.71. The molecular formula is C7H11NO2. The number of hydrogen-bond acceptors (Lipinski definition) is 2. The van der Waals surface area contributed by atoms with E-state index in [-0.39, 0.29) is 5.48 Å². The van der Waals surface area contributed by atoms with Crippen LogP contribution in [-0.4, -0.2) is 10.7 Å². The minimum Gasteiger partial charge on any atom is -0.412 e. The lowest BCUT2D eigenvalue weighted by molar-refractivity contribution is 0.161. The largest absolute Gasteiger partial charge is 0.412 e. The zero-order chi connectivity index (χ0) is 6.53. The molecule has 0 saturated heterocycles. The Hall–Kier alpha value is -0.900. The molecule has 3 nitrogen and oxygen atoms in total. The highest BCUT2D eigenvalue weighted by Crippen LogP contribution is 1.95. The molecule has 0 aliphatic rings. The van der Waals surface area contributed by atoms with E-state index in [0.717, 1.165) is 5.56 Å². The van der Waals surface area contributed by atoms with Gasteiger partial charge in [-0.05, 0) is 5.56 Å². The molecule has 0 amide bonds. The van der Waals surface area contributed by atoms with Gasteiger partial charge in [0.05, 0.1) is 0 Å². The lowest BCUT2D eigenvalue weighted by Gasteiger charge is -1.94. The van der Waals surface area contributed by atoms with Crippen molar-refractivity contribution in [3.8, 4) is 0 Å². The lowest BCUT2D eigenvalue weighted by atomic mass is 10.2. The molecule has 0 aliphatic carbocycles. The molecular weight excluding hydrogens is 130 g/mol. The SMILES string of the molecule is O.ONCc1ccccc1. The molecule has 1 aromatic rings. The van der Waals surface area contributed by atoms with Crippen molar-refractivity contribution < 1.29 is 10.7 Å². The van der Waals surface area contributed by atoms with Crippen LogP contribution in [0.3, 0.4) is 0 Å². The van der Waals surface area contributed by atoms with Crippen LogP contribution in [0, 0.1) is 0 Å². The summed E-state index contributed by atoms with van der Waals surface area (Å²) in [4.78, 5) is 0. The normalized spacial score (nSPS) is 8.50. The summed E-state index contributed by atoms with van der Waals surface area (Å²) < 4.78 is 0. The highest BCUT2D eigenvalue weighted by atomic mass is 16.5. The molecule has 1 aromatic carbocycles. The summed E-state index contributed by atoms with van der Waals surface area (Å²) in [5.41, 5.74) is 3.17. The molecule has 4 N–H and O–H groups in total. The van der Waals surface area contributed by atoms with Crippen molar-refractivity contribution in [2.24, 2.45) is 0 Å². The van der Waals surface area contributed by atoms with Crippen molar-refractivity contribution in [3.05, 3.63) is 35.9 Å². The first-order chi connectivity index (χ1) is 4.43. The molecule has 10 heavy (non-hydrogen) atoms. The zero-order valence-electron chi connectivity index (χ0n) is 5.54. The summed E-state index contributed by atoms with van der Waals surface area (Å²) in [6.45, 7) is 0.515. The fraction of sp³-hybridized carbons (Fsp3) is 0.143. The zero-order valence-corrected chi connectivity index (χ0v) is 5.54. The van der Waals surface area contributed by atoms with Crippen molar-refractivity contribution in [1.29, 1.82) is 0 Å². The third kappa shape index (κ3) is 2.59. The highest BCUT2D eigenvalue weighted by molar-refractivity contribution is 5.13. The van der Waals surface area contributed by atoms with E-state index in [4.69, 9.17) is 5.21 Å². The van der Waals surface area contributed by atoms with E-state index in [1.165, 1.54) is 0 Å². The lowest BCUT2D eigenvalue weighted by Crippen LogP contribution is -2.05. The van der Waals surface area contributed by atoms with Crippen molar-refractivity contribution in [1.82, 2.24) is 5.48 Å². The Bertz CT molecular complexity index is 165. The molecule has 0 saturated carbocycles. The minimum atomic E-state index is 0. The number of hydroxylamine groups is 1. The van der Waals surface area contributed by atoms with E-state index in [9.17, 15) is 0 Å². The number of hydrogen-bond donors (Lipinski definition) is 2. The van der Waals surface area contributed by atoms with Crippen LogP contribution in [0.25, 0.3) is 0 Å². The molecule has 3 heteroatoms. The van der Waals surface area contributed by atoms with Crippen LogP contribution in [-0.2, 0) is 6.54 Å². The molecule has 0 unspecified atom stereocenters. The monoisotopic (exact) mass is 141 g/mol. The van der Waals surface area contributed by atoms with Crippen LogP contribution in [0.4, 0.5) is 0 Å². The van der Waals surface area contributed by atoms with Gasteiger partial charge in [0.2, 0.25) is 0 Å². The summed E-state index contributed by atoms with van der Waals surface area (Å²) in [6.07, 6.45) is 0. The second-order valence-corrected chi connectivity index (χ2v) is 1.82. The Morgan fingerprint density at radius 1 is 1.20 bits per heavy atom. The maximum atomic E-state index is 8.27. The number of benzene rings is 1. The first-order valence-corrected chi connectivity index (χ1v) is 2.84. The summed E-state index contributed by atoms with van der Waals surface area (Å²) in [5.74, 6) is 0. The summed E-state index contributed by atoms with van der Waals surface area (Å²) >= 11 is 0. The fourth-order valence-electron chi connectivity index (χ4n) is 0.687. The highest BCUT2D eigenvalue weighted by Gasteiger charge is 1.84. The van der Waals surface area contributed by atoms with Gasteiger partial charge < -0.3 is 10.7 Å². The average molecular weight is 141 g/mol. The smallest absolute Gasteiger partial charge is 0.0458 e. The van der Waals surface area contributed by atoms with Gasteiger partial charge in [-0.25, -0.2) is 5.48 Å². The van der Waals surface area contributed by atoms with E-state index in [1.54, 1.807) is 0 Å². The van der Waals surface area contributed by atoms with Gasteiger partial charge in [0.15, 0.2) is 0 Å². The van der Waals surface area contributed by atoms with Crippen molar-refractivity contribution in [2.75, 3.05) is 0 Å². The second kappa shape index (κ2) is 4.93. The standard InChI is InChI=1S/C7H9NO.H2O/c9-8-6-7-4-2-1-3-5-7;/h1-5,8-9H,6H2;1H2. The van der Waals surface area contributed by atoms with Gasteiger partial charge in [0.1, 0.15) is 0 Å². The molecule has 0 radical (unpaired) electrons. The fourth-order valence-corrected chi connectivity index (χ4v) is 0.687. The number of rotatable bonds is 2. The maximum absolute atomic E-state index is 8.27. The van der Waals surface area contributed by atoms with Crippen LogP contribution in [0.15, 0.2) is 30.3 Å². The maximum Gasteiger partial charge on any atom is 0.0458 e. The third-order valence-electron chi connectivity index (χ3n) is 1.13. The predicted molar refractivity (Wildman–Crippen MR) is 38.7 cm³/mol. The molecule has 0 aromatic heterocycles. The van der Waals surface area contributed by atoms with Gasteiger partial charge in [0.25, 0.3) is 0 Å². The second-order valence-electron chi connectivity index (χ2n) is 1.82. The van der Waals surface area contributed by atoms with Gasteiger partial charge in [-0.15, -0.1) is 0 Å². The molecule has 0 heterocycles. The van der Waals surface area contributed by atoms with Crippen molar-refractivity contribution >= 4 is 0 Å². The van der Waals surface area contributed by atoms with Crippen molar-refractivity contribution in [3.63, 3.8) is 0 Å². The van der Waals surface area contributed by atoms with Crippen molar-refractivity contribution in [2.45, 2.75) is 6.54 Å². The topological polar surface area (TPSA) is 63.8 Å². The quantitative estimate of drug-likeness (QED) is 0.583. The van der Waals surface area contributed by atoms with Crippen LogP contribution in [0.1, 0.15) is 5.56 Å². The van der Waals surface area contributed by atoms with Gasteiger partial charge in [-0.1, -0.05) is 30.3 Å². The Balaban J connectivity index is 0.000000810. The van der Waals surface area contributed by atoms with Gasteiger partial charge >= 0.3 is 0 Å². The van der Waals surface area contributed by atoms with Crippen LogP contribution >= 0.6 is 0 Å². The molecule has 56 valence electrons. The molecule has 0 fully saturated rings. The van der Waals surface area contributed by atoms with Gasteiger partial charge in [-0.3, -0.25) is 0 Å². The first kappa shape index (κ1) is 9.10. The molecule has 0 atom stereocenters. The van der Waals surface area contributed by atoms with E-state index in [1.807, 2.05) is 30.3 Å². The number of nitrogens with one attached hydrogen (secondary N) is 1. The van der Waals surface area contributed by atoms with Crippen LogP contribution in [0.5, 0.6) is 0 Å². The molecule has 1 rings (SSSR count). The van der Waals surface area contributed by atoms with Crippen LogP contribution in [0.2, 0.25) is 0 Å². The first-order valence-electron chi connectivity index (χ1n) is 2.84. The predicted octanol–water partition coefficient (Wildman–Crippen LogP) is 0.341. The third-order valence-corrected chi connectivity index (χ3v) is 1.13. The van der Waals surface area contributed by atoms with E-state index >= 15 is 0 Å². The van der Waals surface area contributed by atoms with Crippen LogP contribution < -0.4 is 5.48 Å². The Labute approximate surface area is 59.6 Å². The summed E-state index contributed by atoms with van der Waals surface area (Å²) in [7, 11) is 0. The average Bonchev–Trinajstić information content (AvgIpc) is 1.91. The van der Waals surface area contributed by atoms with E-state index in [0.29, 0.717) is 6.54 Å². The summed E-state index contributed by atoms with van der Waals surface area (Å²) in [5, 5.41) is 8.27. The van der Waals surface area contributed by atoms with E-state index in [2.05, 4.69) is 5.48 Å². The van der Waals surface area contributed by atoms with Gasteiger partial charge in [-0.2, -0.15) is 0 Å².